The normalized spacial score (nSPS) is 11.0. The van der Waals surface area contributed by atoms with Crippen LogP contribution in [0.25, 0.3) is 22.2 Å². The van der Waals surface area contributed by atoms with Crippen LogP contribution in [-0.4, -0.2) is 42.8 Å². The molecule has 1 N–H and O–H groups in total. The van der Waals surface area contributed by atoms with E-state index >= 15 is 0 Å². The number of carbonyl (C=O) groups excluding carboxylic acids is 2. The minimum Gasteiger partial charge on any atom is -0.389 e. The summed E-state index contributed by atoms with van der Waals surface area (Å²) < 4.78 is 1.67. The first-order valence-corrected chi connectivity index (χ1v) is 7.83. The van der Waals surface area contributed by atoms with E-state index in [2.05, 4.69) is 15.0 Å². The molecule has 0 amide bonds. The van der Waals surface area contributed by atoms with Gasteiger partial charge in [0.05, 0.1) is 23.4 Å². The number of carbonyl (C=O) groups is 2. The molecule has 25 heavy (non-hydrogen) atoms. The van der Waals surface area contributed by atoms with Crippen molar-refractivity contribution in [2.45, 2.75) is 27.3 Å². The van der Waals surface area contributed by atoms with Crippen LogP contribution in [0.2, 0.25) is 0 Å². The topological polar surface area (TPSA) is 98.0 Å². The lowest BCUT2D eigenvalue weighted by atomic mass is 10.1. The molecule has 0 saturated heterocycles. The van der Waals surface area contributed by atoms with Crippen LogP contribution in [0.15, 0.2) is 24.7 Å². The molecule has 3 rings (SSSR count). The van der Waals surface area contributed by atoms with E-state index in [0.717, 1.165) is 10.9 Å². The van der Waals surface area contributed by atoms with Gasteiger partial charge in [-0.25, -0.2) is 9.97 Å². The minimum absolute atomic E-state index is 0.00418. The summed E-state index contributed by atoms with van der Waals surface area (Å²) in [5, 5.41) is 9.73. The molecule has 3 heterocycles. The quantitative estimate of drug-likeness (QED) is 0.713. The molecule has 3 aromatic rings. The average Bonchev–Trinajstić information content (AvgIpc) is 2.94. The van der Waals surface area contributed by atoms with E-state index in [1.807, 2.05) is 13.0 Å². The van der Waals surface area contributed by atoms with E-state index in [4.69, 9.17) is 5.11 Å². The molecule has 0 bridgehead atoms. The Morgan fingerprint density at radius 1 is 1.20 bits per heavy atom. The molecule has 0 unspecified atom stereocenters. The number of Topliss-reactive ketones (excluding diaryl/α,β-unsaturated/α-hetero) is 2. The first-order chi connectivity index (χ1) is 11.9. The second kappa shape index (κ2) is 6.52. The molecule has 0 aliphatic heterocycles. The number of nitrogens with zero attached hydrogens (tertiary/aromatic N) is 4. The number of aliphatic hydroxyl groups excluding tert-OH is 1. The van der Waals surface area contributed by atoms with Crippen LogP contribution in [-0.2, 0) is 11.3 Å². The van der Waals surface area contributed by atoms with Gasteiger partial charge >= 0.3 is 0 Å². The highest BCUT2D eigenvalue weighted by Gasteiger charge is 2.18. The number of hydrogen-bond donors (Lipinski definition) is 1. The molecule has 0 aromatic carbocycles. The van der Waals surface area contributed by atoms with Crippen molar-refractivity contribution in [1.82, 2.24) is 19.5 Å². The third kappa shape index (κ3) is 3.18. The molecule has 0 fully saturated rings. The third-order valence-corrected chi connectivity index (χ3v) is 4.01. The molecule has 0 radical (unpaired) electrons. The van der Waals surface area contributed by atoms with Gasteiger partial charge in [0.15, 0.2) is 11.6 Å². The van der Waals surface area contributed by atoms with Crippen LogP contribution in [0.5, 0.6) is 0 Å². The van der Waals surface area contributed by atoms with E-state index in [-0.39, 0.29) is 18.1 Å². The summed E-state index contributed by atoms with van der Waals surface area (Å²) in [5.74, 6) is 0.235. The summed E-state index contributed by atoms with van der Waals surface area (Å²) in [6.07, 6.45) is 5.02. The second-order valence-electron chi connectivity index (χ2n) is 5.93. The van der Waals surface area contributed by atoms with Crippen molar-refractivity contribution in [3.05, 3.63) is 41.7 Å². The summed E-state index contributed by atoms with van der Waals surface area (Å²) in [6.45, 7) is 4.57. The Morgan fingerprint density at radius 2 is 1.88 bits per heavy atom. The fourth-order valence-corrected chi connectivity index (χ4v) is 2.84. The van der Waals surface area contributed by atoms with Crippen molar-refractivity contribution >= 4 is 22.5 Å². The van der Waals surface area contributed by atoms with Gasteiger partial charge in [-0.2, -0.15) is 0 Å². The maximum atomic E-state index is 12.0. The lowest BCUT2D eigenvalue weighted by Crippen LogP contribution is -2.13. The predicted molar refractivity (Wildman–Crippen MR) is 92.3 cm³/mol. The van der Waals surface area contributed by atoms with Crippen molar-refractivity contribution in [2.75, 3.05) is 6.61 Å². The summed E-state index contributed by atoms with van der Waals surface area (Å²) in [7, 11) is 0. The monoisotopic (exact) mass is 338 g/mol. The molecule has 0 saturated carbocycles. The van der Waals surface area contributed by atoms with E-state index in [0.29, 0.717) is 28.3 Å². The summed E-state index contributed by atoms with van der Waals surface area (Å²) in [4.78, 5) is 36.6. The maximum absolute atomic E-state index is 12.0. The average molecular weight is 338 g/mol. The van der Waals surface area contributed by atoms with Crippen molar-refractivity contribution < 1.29 is 14.7 Å². The Morgan fingerprint density at radius 3 is 2.48 bits per heavy atom. The smallest absolute Gasteiger partial charge is 0.177 e. The van der Waals surface area contributed by atoms with E-state index in [1.165, 1.54) is 6.92 Å². The number of pyridine rings is 1. The minimum atomic E-state index is -0.541. The lowest BCUT2D eigenvalue weighted by molar-refractivity contribution is -0.122. The van der Waals surface area contributed by atoms with Gasteiger partial charge in [0, 0.05) is 35.1 Å². The predicted octanol–water partition coefficient (Wildman–Crippen LogP) is 1.87. The van der Waals surface area contributed by atoms with Gasteiger partial charge in [-0.15, -0.1) is 0 Å². The highest BCUT2D eigenvalue weighted by atomic mass is 16.3. The molecule has 7 nitrogen and oxygen atoms in total. The molecule has 0 aliphatic carbocycles. The fraction of sp³-hybridized carbons (Fsp3) is 0.278. The lowest BCUT2D eigenvalue weighted by Gasteiger charge is -2.08. The standard InChI is InChI=1S/C18H18N4O3/c1-10-18-15(4-17(21-10)13-5-19-12(3)20-6-13)16(11(2)24)8-22(18)7-14(25)9-23/h4-6,8,23H,7,9H2,1-3H3. The zero-order chi connectivity index (χ0) is 18.1. The molecule has 3 aromatic heterocycles. The van der Waals surface area contributed by atoms with Gasteiger partial charge in [-0.1, -0.05) is 0 Å². The zero-order valence-electron chi connectivity index (χ0n) is 14.3. The van der Waals surface area contributed by atoms with E-state index in [9.17, 15) is 9.59 Å². The summed E-state index contributed by atoms with van der Waals surface area (Å²) in [6, 6.07) is 1.81. The van der Waals surface area contributed by atoms with Gasteiger partial charge < -0.3 is 9.67 Å². The Kier molecular flexibility index (Phi) is 4.41. The van der Waals surface area contributed by atoms with Gasteiger partial charge in [-0.3, -0.25) is 14.6 Å². The number of aliphatic hydroxyl groups is 1. The van der Waals surface area contributed by atoms with Crippen LogP contribution in [0.1, 0.15) is 28.8 Å². The van der Waals surface area contributed by atoms with Crippen LogP contribution < -0.4 is 0 Å². The first kappa shape index (κ1) is 16.9. The second-order valence-corrected chi connectivity index (χ2v) is 5.93. The van der Waals surface area contributed by atoms with Gasteiger partial charge in [0.2, 0.25) is 0 Å². The van der Waals surface area contributed by atoms with Crippen molar-refractivity contribution in [2.24, 2.45) is 0 Å². The van der Waals surface area contributed by atoms with Crippen molar-refractivity contribution in [3.8, 4) is 11.3 Å². The number of ketones is 2. The summed E-state index contributed by atoms with van der Waals surface area (Å²) >= 11 is 0. The Bertz CT molecular complexity index is 974. The Labute approximate surface area is 144 Å². The zero-order valence-corrected chi connectivity index (χ0v) is 14.3. The molecule has 7 heteroatoms. The number of rotatable bonds is 5. The highest BCUT2D eigenvalue weighted by Crippen LogP contribution is 2.28. The maximum Gasteiger partial charge on any atom is 0.177 e. The molecular weight excluding hydrogens is 320 g/mol. The van der Waals surface area contributed by atoms with E-state index < -0.39 is 6.61 Å². The SMILES string of the molecule is CC(=O)c1cn(CC(=O)CO)c2c(C)nc(-c3cnc(C)nc3)cc12. The molecule has 128 valence electrons. The van der Waals surface area contributed by atoms with Crippen molar-refractivity contribution in [3.63, 3.8) is 0 Å². The van der Waals surface area contributed by atoms with Crippen molar-refractivity contribution in [1.29, 1.82) is 0 Å². The Hall–Kier alpha value is -2.93. The van der Waals surface area contributed by atoms with Crippen LogP contribution >= 0.6 is 0 Å². The fourth-order valence-electron chi connectivity index (χ4n) is 2.84. The number of aryl methyl sites for hydroxylation is 2. The van der Waals surface area contributed by atoms with Crippen LogP contribution in [0.4, 0.5) is 0 Å². The first-order valence-electron chi connectivity index (χ1n) is 7.83. The van der Waals surface area contributed by atoms with Crippen LogP contribution in [0.3, 0.4) is 0 Å². The van der Waals surface area contributed by atoms with Gasteiger partial charge in [-0.05, 0) is 26.8 Å². The largest absolute Gasteiger partial charge is 0.389 e. The Balaban J connectivity index is 2.22. The number of aromatic nitrogens is 4. The number of fused-ring (bicyclic) bond motifs is 1. The third-order valence-electron chi connectivity index (χ3n) is 4.01. The van der Waals surface area contributed by atoms with Gasteiger partial charge in [0.1, 0.15) is 12.4 Å². The molecular formula is C18H18N4O3. The molecule has 0 aliphatic rings. The van der Waals surface area contributed by atoms with Gasteiger partial charge in [0.25, 0.3) is 0 Å². The molecule has 0 atom stereocenters. The van der Waals surface area contributed by atoms with E-state index in [1.54, 1.807) is 30.1 Å². The van der Waals surface area contributed by atoms with Crippen LogP contribution in [0, 0.1) is 13.8 Å². The highest BCUT2D eigenvalue weighted by molar-refractivity contribution is 6.08. The number of hydrogen-bond acceptors (Lipinski definition) is 6. The summed E-state index contributed by atoms with van der Waals surface area (Å²) in [5.41, 5.74) is 3.33. The molecule has 0 spiro atoms.